The molecule has 1 fully saturated rings. The maximum Gasteiger partial charge on any atom is 0.280 e. The molecule has 1 amide bonds. The SMILES string of the molecule is N[C@@H]1c2ccccc2C2(CCN(C(=O)CCc3cc(=O)[nH]o3)CC2)[C@H]1O. The third kappa shape index (κ3) is 2.68. The number of amides is 1. The van der Waals surface area contributed by atoms with Crippen molar-refractivity contribution in [2.24, 2.45) is 5.73 Å². The van der Waals surface area contributed by atoms with Crippen LogP contribution in [0.5, 0.6) is 0 Å². The maximum atomic E-state index is 12.5. The molecule has 2 aromatic rings. The van der Waals surface area contributed by atoms with Crippen molar-refractivity contribution in [3.8, 4) is 0 Å². The summed E-state index contributed by atoms with van der Waals surface area (Å²) >= 11 is 0. The van der Waals surface area contributed by atoms with Gasteiger partial charge in [-0.25, -0.2) is 0 Å². The van der Waals surface area contributed by atoms with Crippen LogP contribution in [0.25, 0.3) is 0 Å². The van der Waals surface area contributed by atoms with E-state index in [1.54, 1.807) is 0 Å². The molecule has 7 heteroatoms. The van der Waals surface area contributed by atoms with Crippen molar-refractivity contribution < 1.29 is 14.4 Å². The zero-order chi connectivity index (χ0) is 18.3. The molecule has 7 nitrogen and oxygen atoms in total. The highest BCUT2D eigenvalue weighted by molar-refractivity contribution is 5.76. The first kappa shape index (κ1) is 17.1. The number of aliphatic hydroxyl groups is 1. The van der Waals surface area contributed by atoms with Gasteiger partial charge in [0.15, 0.2) is 0 Å². The average molecular weight is 357 g/mol. The highest BCUT2D eigenvalue weighted by Gasteiger charge is 2.51. The summed E-state index contributed by atoms with van der Waals surface area (Å²) in [4.78, 5) is 25.4. The lowest BCUT2D eigenvalue weighted by molar-refractivity contribution is -0.133. The summed E-state index contributed by atoms with van der Waals surface area (Å²) in [7, 11) is 0. The lowest BCUT2D eigenvalue weighted by Gasteiger charge is -2.42. The van der Waals surface area contributed by atoms with Gasteiger partial charge in [-0.2, -0.15) is 5.16 Å². The zero-order valence-electron chi connectivity index (χ0n) is 14.5. The number of nitrogens with zero attached hydrogens (tertiary/aromatic N) is 1. The molecule has 2 atom stereocenters. The average Bonchev–Trinajstić information content (AvgIpc) is 3.17. The molecule has 0 unspecified atom stereocenters. The number of carbonyl (C=O) groups is 1. The summed E-state index contributed by atoms with van der Waals surface area (Å²) in [6.07, 6.45) is 1.47. The molecule has 1 aromatic heterocycles. The van der Waals surface area contributed by atoms with Gasteiger partial charge in [0.05, 0.1) is 12.1 Å². The Kier molecular flexibility index (Phi) is 4.20. The van der Waals surface area contributed by atoms with Crippen LogP contribution in [0.15, 0.2) is 39.6 Å². The standard InChI is InChI=1S/C19H23N3O4/c20-17-13-3-1-2-4-14(13)19(18(17)25)7-9-22(10-8-19)16(24)6-5-12-11-15(23)21-26-12/h1-4,11,17-18,25H,5-10,20H2,(H,21,23)/t17-,18+/m1/s1. The van der Waals surface area contributed by atoms with E-state index in [1.807, 2.05) is 23.1 Å². The first-order chi connectivity index (χ1) is 12.5. The van der Waals surface area contributed by atoms with Gasteiger partial charge in [0.25, 0.3) is 5.56 Å². The molecule has 1 aromatic carbocycles. The number of fused-ring (bicyclic) bond motifs is 2. The van der Waals surface area contributed by atoms with Gasteiger partial charge in [0.2, 0.25) is 5.91 Å². The van der Waals surface area contributed by atoms with Crippen LogP contribution in [-0.4, -0.2) is 40.3 Å². The van der Waals surface area contributed by atoms with Gasteiger partial charge in [-0.05, 0) is 24.0 Å². The van der Waals surface area contributed by atoms with Crippen molar-refractivity contribution >= 4 is 5.91 Å². The van der Waals surface area contributed by atoms with Crippen LogP contribution in [0.2, 0.25) is 0 Å². The Morgan fingerprint density at radius 2 is 2.08 bits per heavy atom. The van der Waals surface area contributed by atoms with E-state index in [4.69, 9.17) is 10.3 Å². The zero-order valence-corrected chi connectivity index (χ0v) is 14.5. The highest BCUT2D eigenvalue weighted by atomic mass is 16.5. The summed E-state index contributed by atoms with van der Waals surface area (Å²) in [6, 6.07) is 8.96. The van der Waals surface area contributed by atoms with E-state index in [2.05, 4.69) is 11.2 Å². The minimum Gasteiger partial charge on any atom is -0.390 e. The van der Waals surface area contributed by atoms with Crippen LogP contribution in [0, 0.1) is 0 Å². The Balaban J connectivity index is 1.42. The molecule has 1 spiro atoms. The largest absolute Gasteiger partial charge is 0.390 e. The van der Waals surface area contributed by atoms with E-state index in [-0.39, 0.29) is 22.9 Å². The van der Waals surface area contributed by atoms with Gasteiger partial charge in [-0.3, -0.25) is 9.59 Å². The molecule has 26 heavy (non-hydrogen) atoms. The van der Waals surface area contributed by atoms with Crippen molar-refractivity contribution in [1.82, 2.24) is 10.1 Å². The van der Waals surface area contributed by atoms with Gasteiger partial charge in [0, 0.05) is 37.4 Å². The molecule has 4 rings (SSSR count). The number of rotatable bonds is 3. The summed E-state index contributed by atoms with van der Waals surface area (Å²) in [5.74, 6) is 0.525. The van der Waals surface area contributed by atoms with Crippen molar-refractivity contribution in [1.29, 1.82) is 0 Å². The van der Waals surface area contributed by atoms with Gasteiger partial charge >= 0.3 is 0 Å². The molecule has 0 radical (unpaired) electrons. The number of nitrogens with two attached hydrogens (primary N) is 1. The number of aryl methyl sites for hydroxylation is 1. The van der Waals surface area contributed by atoms with E-state index in [9.17, 15) is 14.7 Å². The molecule has 0 bridgehead atoms. The molecule has 1 aliphatic heterocycles. The van der Waals surface area contributed by atoms with Crippen molar-refractivity contribution in [2.45, 2.75) is 43.2 Å². The molecule has 2 aliphatic rings. The molecule has 0 saturated carbocycles. The summed E-state index contributed by atoms with van der Waals surface area (Å²) in [5.41, 5.74) is 7.72. The topological polar surface area (TPSA) is 113 Å². The number of nitrogens with one attached hydrogen (secondary N) is 1. The number of benzene rings is 1. The van der Waals surface area contributed by atoms with Crippen molar-refractivity contribution in [3.63, 3.8) is 0 Å². The lowest BCUT2D eigenvalue weighted by Crippen LogP contribution is -2.50. The Bertz CT molecular complexity index is 863. The van der Waals surface area contributed by atoms with Crippen LogP contribution in [0.3, 0.4) is 0 Å². The van der Waals surface area contributed by atoms with Crippen molar-refractivity contribution in [2.75, 3.05) is 13.1 Å². The second kappa shape index (κ2) is 6.41. The van der Waals surface area contributed by atoms with Crippen LogP contribution in [0.1, 0.15) is 42.2 Å². The van der Waals surface area contributed by atoms with Crippen LogP contribution in [0.4, 0.5) is 0 Å². The summed E-state index contributed by atoms with van der Waals surface area (Å²) in [5, 5.41) is 13.0. The number of hydrogen-bond donors (Lipinski definition) is 3. The van der Waals surface area contributed by atoms with E-state index >= 15 is 0 Å². The quantitative estimate of drug-likeness (QED) is 0.753. The van der Waals surface area contributed by atoms with E-state index in [1.165, 1.54) is 6.07 Å². The number of aliphatic hydroxyl groups excluding tert-OH is 1. The predicted molar refractivity (Wildman–Crippen MR) is 94.5 cm³/mol. The molecular formula is C19H23N3O4. The van der Waals surface area contributed by atoms with Crippen LogP contribution < -0.4 is 11.3 Å². The predicted octanol–water partition coefficient (Wildman–Crippen LogP) is 0.835. The second-order valence-corrected chi connectivity index (χ2v) is 7.27. The van der Waals surface area contributed by atoms with Crippen LogP contribution in [-0.2, 0) is 16.6 Å². The molecular weight excluding hydrogens is 334 g/mol. The highest BCUT2D eigenvalue weighted by Crippen LogP contribution is 2.50. The monoisotopic (exact) mass is 357 g/mol. The Morgan fingerprint density at radius 1 is 1.35 bits per heavy atom. The summed E-state index contributed by atoms with van der Waals surface area (Å²) < 4.78 is 4.99. The third-order valence-electron chi connectivity index (χ3n) is 5.93. The smallest absolute Gasteiger partial charge is 0.280 e. The van der Waals surface area contributed by atoms with Crippen LogP contribution >= 0.6 is 0 Å². The number of piperidine rings is 1. The fourth-order valence-electron chi connectivity index (χ4n) is 4.47. The Morgan fingerprint density at radius 3 is 2.77 bits per heavy atom. The lowest BCUT2D eigenvalue weighted by atomic mass is 9.72. The first-order valence-corrected chi connectivity index (χ1v) is 8.99. The minimum absolute atomic E-state index is 0.0359. The molecule has 138 valence electrons. The number of likely N-dealkylation sites (tertiary alicyclic amines) is 1. The third-order valence-corrected chi connectivity index (χ3v) is 5.93. The number of hydrogen-bond acceptors (Lipinski definition) is 5. The number of H-pyrrole nitrogens is 1. The van der Waals surface area contributed by atoms with E-state index < -0.39 is 6.10 Å². The summed E-state index contributed by atoms with van der Waals surface area (Å²) in [6.45, 7) is 1.18. The minimum atomic E-state index is -0.619. The molecule has 4 N–H and O–H groups in total. The first-order valence-electron chi connectivity index (χ1n) is 8.99. The Labute approximate surface area is 150 Å². The van der Waals surface area contributed by atoms with Gasteiger partial charge in [0.1, 0.15) is 5.76 Å². The normalized spacial score (nSPS) is 24.0. The van der Waals surface area contributed by atoms with Gasteiger partial charge < -0.3 is 20.3 Å². The maximum absolute atomic E-state index is 12.5. The van der Waals surface area contributed by atoms with Crippen molar-refractivity contribution in [3.05, 3.63) is 57.6 Å². The second-order valence-electron chi connectivity index (χ2n) is 7.27. The Hall–Kier alpha value is -2.38. The molecule has 1 aliphatic carbocycles. The van der Waals surface area contributed by atoms with E-state index in [0.29, 0.717) is 44.5 Å². The fraction of sp³-hybridized carbons (Fsp3) is 0.474. The van der Waals surface area contributed by atoms with Gasteiger partial charge in [-0.1, -0.05) is 24.3 Å². The fourth-order valence-corrected chi connectivity index (χ4v) is 4.47. The number of carbonyl (C=O) groups excluding carboxylic acids is 1. The number of aromatic nitrogens is 1. The number of aromatic amines is 1. The molecule has 1 saturated heterocycles. The van der Waals surface area contributed by atoms with E-state index in [0.717, 1.165) is 11.1 Å². The molecule has 2 heterocycles. The van der Waals surface area contributed by atoms with Gasteiger partial charge in [-0.15, -0.1) is 0 Å².